The summed E-state index contributed by atoms with van der Waals surface area (Å²) in [7, 11) is 0. The van der Waals surface area contributed by atoms with Crippen LogP contribution in [0.25, 0.3) is 0 Å². The van der Waals surface area contributed by atoms with Gasteiger partial charge in [-0.1, -0.05) is 24.0 Å². The van der Waals surface area contributed by atoms with E-state index in [2.05, 4.69) is 11.8 Å². The zero-order chi connectivity index (χ0) is 11.4. The van der Waals surface area contributed by atoms with Gasteiger partial charge in [0.2, 0.25) is 0 Å². The smallest absolute Gasteiger partial charge is 0.173 e. The Labute approximate surface area is 93.5 Å². The first-order valence-electron chi connectivity index (χ1n) is 4.85. The van der Waals surface area contributed by atoms with Gasteiger partial charge in [-0.05, 0) is 24.3 Å². The van der Waals surface area contributed by atoms with Crippen LogP contribution in [0.15, 0.2) is 47.1 Å². The van der Waals surface area contributed by atoms with Crippen LogP contribution in [-0.4, -0.2) is 5.11 Å². The van der Waals surface area contributed by atoms with Crippen molar-refractivity contribution in [3.05, 3.63) is 54.0 Å². The Morgan fingerprint density at radius 2 is 2.00 bits per heavy atom. The Balaban J connectivity index is 2.20. The third-order valence-electron chi connectivity index (χ3n) is 2.12. The molecular weight excluding hydrogens is 202 g/mol. The highest BCUT2D eigenvalue weighted by atomic mass is 16.4. The SMILES string of the molecule is Nc1ccccc1C#CC(O)c1ccco1. The van der Waals surface area contributed by atoms with Crippen molar-refractivity contribution >= 4 is 5.69 Å². The zero-order valence-electron chi connectivity index (χ0n) is 8.55. The molecule has 0 bridgehead atoms. The molecule has 0 aliphatic carbocycles. The fourth-order valence-electron chi connectivity index (χ4n) is 1.27. The van der Waals surface area contributed by atoms with Gasteiger partial charge in [-0.15, -0.1) is 0 Å². The molecule has 0 spiro atoms. The van der Waals surface area contributed by atoms with Crippen LogP contribution < -0.4 is 5.73 Å². The van der Waals surface area contributed by atoms with E-state index in [9.17, 15) is 5.11 Å². The zero-order valence-corrected chi connectivity index (χ0v) is 8.55. The van der Waals surface area contributed by atoms with E-state index in [1.54, 1.807) is 24.3 Å². The van der Waals surface area contributed by atoms with Gasteiger partial charge in [0.15, 0.2) is 6.10 Å². The summed E-state index contributed by atoms with van der Waals surface area (Å²) in [6.07, 6.45) is 0.575. The van der Waals surface area contributed by atoms with Crippen molar-refractivity contribution < 1.29 is 9.52 Å². The summed E-state index contributed by atoms with van der Waals surface area (Å²) >= 11 is 0. The van der Waals surface area contributed by atoms with E-state index in [4.69, 9.17) is 10.2 Å². The number of furan rings is 1. The molecule has 1 atom stereocenters. The number of anilines is 1. The monoisotopic (exact) mass is 213 g/mol. The molecule has 0 aliphatic heterocycles. The van der Waals surface area contributed by atoms with Crippen LogP contribution >= 0.6 is 0 Å². The standard InChI is InChI=1S/C13H11NO2/c14-11-5-2-1-4-10(11)7-8-12(15)13-6-3-9-16-13/h1-6,9,12,15H,14H2. The molecule has 3 nitrogen and oxygen atoms in total. The van der Waals surface area contributed by atoms with Gasteiger partial charge in [0.25, 0.3) is 0 Å². The highest BCUT2D eigenvalue weighted by Gasteiger charge is 2.05. The lowest BCUT2D eigenvalue weighted by molar-refractivity contribution is 0.206. The number of para-hydroxylation sites is 1. The second-order valence-electron chi connectivity index (χ2n) is 3.27. The van der Waals surface area contributed by atoms with Gasteiger partial charge in [0.1, 0.15) is 5.76 Å². The Morgan fingerprint density at radius 3 is 2.69 bits per heavy atom. The lowest BCUT2D eigenvalue weighted by Crippen LogP contribution is -1.92. The number of aliphatic hydroxyl groups excluding tert-OH is 1. The van der Waals surface area contributed by atoms with Crippen LogP contribution in [0.2, 0.25) is 0 Å². The van der Waals surface area contributed by atoms with Gasteiger partial charge in [-0.2, -0.15) is 0 Å². The highest BCUT2D eigenvalue weighted by molar-refractivity contribution is 5.55. The van der Waals surface area contributed by atoms with Crippen molar-refractivity contribution in [3.8, 4) is 11.8 Å². The third kappa shape index (κ3) is 2.25. The highest BCUT2D eigenvalue weighted by Crippen LogP contribution is 2.13. The minimum Gasteiger partial charge on any atom is -0.466 e. The van der Waals surface area contributed by atoms with Crippen LogP contribution in [0, 0.1) is 11.8 Å². The molecule has 0 aliphatic rings. The number of rotatable bonds is 1. The van der Waals surface area contributed by atoms with E-state index < -0.39 is 6.10 Å². The van der Waals surface area contributed by atoms with Crippen molar-refractivity contribution in [1.82, 2.24) is 0 Å². The average molecular weight is 213 g/mol. The fraction of sp³-hybridized carbons (Fsp3) is 0.0769. The summed E-state index contributed by atoms with van der Waals surface area (Å²) < 4.78 is 5.03. The van der Waals surface area contributed by atoms with E-state index in [1.807, 2.05) is 12.1 Å². The maximum Gasteiger partial charge on any atom is 0.173 e. The summed E-state index contributed by atoms with van der Waals surface area (Å²) in [5.74, 6) is 5.92. The molecule has 0 saturated carbocycles. The fourth-order valence-corrected chi connectivity index (χ4v) is 1.27. The molecule has 0 radical (unpaired) electrons. The second kappa shape index (κ2) is 4.56. The van der Waals surface area contributed by atoms with Crippen LogP contribution in [0.4, 0.5) is 5.69 Å². The van der Waals surface area contributed by atoms with Gasteiger partial charge in [0, 0.05) is 11.3 Å². The van der Waals surface area contributed by atoms with E-state index in [-0.39, 0.29) is 0 Å². The number of benzene rings is 1. The number of aliphatic hydroxyl groups is 1. The number of nitrogen functional groups attached to an aromatic ring is 1. The molecule has 0 saturated heterocycles. The first-order valence-corrected chi connectivity index (χ1v) is 4.85. The molecule has 0 fully saturated rings. The van der Waals surface area contributed by atoms with Crippen LogP contribution in [0.3, 0.4) is 0 Å². The predicted octanol–water partition coefficient (Wildman–Crippen LogP) is 1.95. The van der Waals surface area contributed by atoms with E-state index in [0.717, 1.165) is 0 Å². The molecule has 2 aromatic rings. The van der Waals surface area contributed by atoms with Crippen molar-refractivity contribution in [2.45, 2.75) is 6.10 Å². The Morgan fingerprint density at radius 1 is 1.19 bits per heavy atom. The average Bonchev–Trinajstić information content (AvgIpc) is 2.81. The van der Waals surface area contributed by atoms with Gasteiger partial charge in [-0.25, -0.2) is 0 Å². The lowest BCUT2D eigenvalue weighted by Gasteiger charge is -1.98. The molecule has 3 heteroatoms. The van der Waals surface area contributed by atoms with Crippen molar-refractivity contribution in [1.29, 1.82) is 0 Å². The van der Waals surface area contributed by atoms with Crippen molar-refractivity contribution in [2.75, 3.05) is 5.73 Å². The molecule has 1 aromatic carbocycles. The molecule has 0 amide bonds. The first-order chi connectivity index (χ1) is 7.77. The van der Waals surface area contributed by atoms with Gasteiger partial charge in [0.05, 0.1) is 6.26 Å². The Hall–Kier alpha value is -2.18. The van der Waals surface area contributed by atoms with Crippen LogP contribution in [-0.2, 0) is 0 Å². The molecule has 3 N–H and O–H groups in total. The minimum atomic E-state index is -0.922. The van der Waals surface area contributed by atoms with Crippen molar-refractivity contribution in [2.24, 2.45) is 0 Å². The summed E-state index contributed by atoms with van der Waals surface area (Å²) in [4.78, 5) is 0. The summed E-state index contributed by atoms with van der Waals surface area (Å²) in [5, 5.41) is 9.65. The summed E-state index contributed by atoms with van der Waals surface area (Å²) in [5.41, 5.74) is 7.02. The molecule has 16 heavy (non-hydrogen) atoms. The molecule has 80 valence electrons. The van der Waals surface area contributed by atoms with Crippen LogP contribution in [0.1, 0.15) is 17.4 Å². The maximum atomic E-state index is 9.65. The van der Waals surface area contributed by atoms with Crippen LogP contribution in [0.5, 0.6) is 0 Å². The molecule has 1 heterocycles. The minimum absolute atomic E-state index is 0.432. The Kier molecular flexibility index (Phi) is 2.95. The largest absolute Gasteiger partial charge is 0.466 e. The topological polar surface area (TPSA) is 59.4 Å². The number of hydrogen-bond donors (Lipinski definition) is 2. The van der Waals surface area contributed by atoms with Crippen molar-refractivity contribution in [3.63, 3.8) is 0 Å². The molecular formula is C13H11NO2. The first kappa shape index (κ1) is 10.3. The van der Waals surface area contributed by atoms with Gasteiger partial charge >= 0.3 is 0 Å². The predicted molar refractivity (Wildman–Crippen MR) is 61.4 cm³/mol. The molecule has 2 rings (SSSR count). The molecule has 1 aromatic heterocycles. The second-order valence-corrected chi connectivity index (χ2v) is 3.27. The van der Waals surface area contributed by atoms with E-state index >= 15 is 0 Å². The summed E-state index contributed by atoms with van der Waals surface area (Å²) in [6, 6.07) is 10.6. The maximum absolute atomic E-state index is 9.65. The van der Waals surface area contributed by atoms with Gasteiger partial charge in [-0.3, -0.25) is 0 Å². The number of nitrogens with two attached hydrogens (primary N) is 1. The normalized spacial score (nSPS) is 11.6. The van der Waals surface area contributed by atoms with E-state index in [0.29, 0.717) is 17.0 Å². The summed E-state index contributed by atoms with van der Waals surface area (Å²) in [6.45, 7) is 0. The third-order valence-corrected chi connectivity index (χ3v) is 2.12. The molecule has 1 unspecified atom stereocenters. The van der Waals surface area contributed by atoms with Gasteiger partial charge < -0.3 is 15.3 Å². The lowest BCUT2D eigenvalue weighted by atomic mass is 10.1. The number of hydrogen-bond acceptors (Lipinski definition) is 3. The quantitative estimate of drug-likeness (QED) is 0.562. The Bertz CT molecular complexity index is 520. The van der Waals surface area contributed by atoms with E-state index in [1.165, 1.54) is 6.26 Å².